The highest BCUT2D eigenvalue weighted by Gasteiger charge is 2.31. The molecule has 2 fully saturated rings. The molecule has 160 valence electrons. The van der Waals surface area contributed by atoms with Crippen molar-refractivity contribution in [1.82, 2.24) is 9.80 Å². The van der Waals surface area contributed by atoms with Crippen LogP contribution in [-0.2, 0) is 4.79 Å². The number of carbonyl (C=O) groups excluding carboxylic acids is 1. The lowest BCUT2D eigenvalue weighted by Crippen LogP contribution is -2.51. The van der Waals surface area contributed by atoms with Gasteiger partial charge in [0.2, 0.25) is 5.91 Å². The first-order valence-corrected chi connectivity index (χ1v) is 9.74. The summed E-state index contributed by atoms with van der Waals surface area (Å²) >= 11 is 0. The van der Waals surface area contributed by atoms with Crippen LogP contribution < -0.4 is 15.8 Å². The minimum absolute atomic E-state index is 0.188. The monoisotopic (exact) mass is 413 g/mol. The van der Waals surface area contributed by atoms with Gasteiger partial charge in [-0.2, -0.15) is 0 Å². The summed E-state index contributed by atoms with van der Waals surface area (Å²) < 4.78 is 40.3. The van der Waals surface area contributed by atoms with Crippen LogP contribution in [0, 0.1) is 5.92 Å². The van der Waals surface area contributed by atoms with Crippen LogP contribution in [-0.4, -0.2) is 67.3 Å². The van der Waals surface area contributed by atoms with Gasteiger partial charge in [0.25, 0.3) is 0 Å². The molecule has 0 bridgehead atoms. The maximum atomic E-state index is 12.3. The van der Waals surface area contributed by atoms with Crippen LogP contribution in [0.2, 0.25) is 0 Å². The van der Waals surface area contributed by atoms with E-state index in [1.165, 1.54) is 24.3 Å². The number of anilines is 1. The fourth-order valence-corrected chi connectivity index (χ4v) is 3.34. The molecule has 0 radical (unpaired) electrons. The summed E-state index contributed by atoms with van der Waals surface area (Å²) in [4.78, 5) is 20.7. The number of alkyl halides is 3. The van der Waals surface area contributed by atoms with Gasteiger partial charge in [0.15, 0.2) is 5.96 Å². The normalized spacial score (nSPS) is 19.0. The van der Waals surface area contributed by atoms with E-state index in [2.05, 4.69) is 19.9 Å². The number of benzene rings is 1. The maximum Gasteiger partial charge on any atom is 0.573 e. The van der Waals surface area contributed by atoms with Gasteiger partial charge in [-0.25, -0.2) is 0 Å². The summed E-state index contributed by atoms with van der Waals surface area (Å²) in [6, 6.07) is 5.27. The molecule has 0 aromatic heterocycles. The number of guanidine groups is 1. The minimum atomic E-state index is -4.72. The number of hydrogen-bond donors (Lipinski definition) is 2. The molecule has 1 saturated carbocycles. The van der Waals surface area contributed by atoms with Crippen LogP contribution in [0.4, 0.5) is 18.9 Å². The van der Waals surface area contributed by atoms with Crippen molar-refractivity contribution in [3.05, 3.63) is 24.3 Å². The van der Waals surface area contributed by atoms with Gasteiger partial charge in [-0.1, -0.05) is 6.42 Å². The zero-order valence-electron chi connectivity index (χ0n) is 16.1. The molecule has 1 aliphatic carbocycles. The molecular formula is C19H26F3N5O2. The Morgan fingerprint density at radius 2 is 1.83 bits per heavy atom. The van der Waals surface area contributed by atoms with E-state index in [1.807, 2.05) is 4.90 Å². The Balaban J connectivity index is 1.36. The summed E-state index contributed by atoms with van der Waals surface area (Å²) in [5, 5.41) is 2.84. The Labute approximate surface area is 167 Å². The van der Waals surface area contributed by atoms with Crippen LogP contribution in [0.1, 0.15) is 19.3 Å². The average molecular weight is 413 g/mol. The third-order valence-electron chi connectivity index (χ3n) is 5.20. The second-order valence-electron chi connectivity index (χ2n) is 7.26. The summed E-state index contributed by atoms with van der Waals surface area (Å²) in [5.41, 5.74) is 6.35. The molecule has 1 aromatic rings. The number of nitrogens with one attached hydrogen (secondary N) is 1. The van der Waals surface area contributed by atoms with Crippen molar-refractivity contribution in [2.75, 3.05) is 44.6 Å². The molecule has 7 nitrogen and oxygen atoms in total. The quantitative estimate of drug-likeness (QED) is 0.552. The van der Waals surface area contributed by atoms with E-state index in [9.17, 15) is 18.0 Å². The number of amides is 1. The van der Waals surface area contributed by atoms with E-state index >= 15 is 0 Å². The Morgan fingerprint density at radius 1 is 1.17 bits per heavy atom. The Kier molecular flexibility index (Phi) is 6.83. The molecule has 1 saturated heterocycles. The molecular weight excluding hydrogens is 387 g/mol. The molecule has 2 aliphatic rings. The number of rotatable bonds is 6. The number of aliphatic imine (C=N–C) groups is 1. The highest BCUT2D eigenvalue weighted by atomic mass is 19.4. The second kappa shape index (κ2) is 9.34. The SMILES string of the molecule is NC(=NCCN1CCN(C(=O)C2CCC2)CC1)Nc1ccc(OC(F)(F)F)cc1. The van der Waals surface area contributed by atoms with Gasteiger partial charge in [-0.15, -0.1) is 13.2 Å². The van der Waals surface area contributed by atoms with E-state index in [0.29, 0.717) is 18.1 Å². The lowest BCUT2D eigenvalue weighted by Gasteiger charge is -2.38. The van der Waals surface area contributed by atoms with Gasteiger partial charge in [-0.05, 0) is 37.1 Å². The fourth-order valence-electron chi connectivity index (χ4n) is 3.34. The van der Waals surface area contributed by atoms with Crippen molar-refractivity contribution in [3.63, 3.8) is 0 Å². The second-order valence-corrected chi connectivity index (χ2v) is 7.26. The van der Waals surface area contributed by atoms with Gasteiger partial charge in [0.1, 0.15) is 5.75 Å². The molecule has 1 heterocycles. The largest absolute Gasteiger partial charge is 0.573 e. The lowest BCUT2D eigenvalue weighted by molar-refractivity contribution is -0.274. The van der Waals surface area contributed by atoms with Crippen LogP contribution in [0.5, 0.6) is 5.75 Å². The Bertz CT molecular complexity index is 712. The average Bonchev–Trinajstić information content (AvgIpc) is 2.61. The molecule has 3 rings (SSSR count). The zero-order valence-corrected chi connectivity index (χ0v) is 16.1. The molecule has 1 amide bonds. The highest BCUT2D eigenvalue weighted by Crippen LogP contribution is 2.28. The summed E-state index contributed by atoms with van der Waals surface area (Å²) in [6.45, 7) is 4.36. The van der Waals surface area contributed by atoms with Crippen molar-refractivity contribution < 1.29 is 22.7 Å². The van der Waals surface area contributed by atoms with Crippen molar-refractivity contribution in [3.8, 4) is 5.75 Å². The van der Waals surface area contributed by atoms with Crippen LogP contribution in [0.25, 0.3) is 0 Å². The van der Waals surface area contributed by atoms with E-state index in [4.69, 9.17) is 5.73 Å². The number of carbonyl (C=O) groups is 1. The predicted molar refractivity (Wildman–Crippen MR) is 104 cm³/mol. The molecule has 29 heavy (non-hydrogen) atoms. The van der Waals surface area contributed by atoms with Crippen molar-refractivity contribution in [1.29, 1.82) is 0 Å². The number of hydrogen-bond acceptors (Lipinski definition) is 4. The van der Waals surface area contributed by atoms with Gasteiger partial charge in [-0.3, -0.25) is 14.7 Å². The number of nitrogens with two attached hydrogens (primary N) is 1. The molecule has 1 aliphatic heterocycles. The van der Waals surface area contributed by atoms with Crippen LogP contribution >= 0.6 is 0 Å². The molecule has 3 N–H and O–H groups in total. The van der Waals surface area contributed by atoms with E-state index in [-0.39, 0.29) is 17.6 Å². The molecule has 1 aromatic carbocycles. The topological polar surface area (TPSA) is 83.2 Å². The van der Waals surface area contributed by atoms with Gasteiger partial charge >= 0.3 is 6.36 Å². The predicted octanol–water partition coefficient (Wildman–Crippen LogP) is 2.26. The third kappa shape index (κ3) is 6.52. The maximum absolute atomic E-state index is 12.3. The van der Waals surface area contributed by atoms with Gasteiger partial charge in [0.05, 0.1) is 6.54 Å². The molecule has 0 unspecified atom stereocenters. The number of halogens is 3. The van der Waals surface area contributed by atoms with E-state index in [0.717, 1.165) is 52.0 Å². The molecule has 0 atom stereocenters. The first-order chi connectivity index (χ1) is 13.8. The molecule has 0 spiro atoms. The van der Waals surface area contributed by atoms with Gasteiger partial charge < -0.3 is 20.7 Å². The first kappa shape index (κ1) is 21.2. The van der Waals surface area contributed by atoms with Crippen LogP contribution in [0.15, 0.2) is 29.3 Å². The highest BCUT2D eigenvalue weighted by molar-refractivity contribution is 5.92. The van der Waals surface area contributed by atoms with E-state index in [1.54, 1.807) is 0 Å². The van der Waals surface area contributed by atoms with Gasteiger partial charge in [0, 0.05) is 44.3 Å². The number of piperazine rings is 1. The summed E-state index contributed by atoms with van der Waals surface area (Å²) in [7, 11) is 0. The Morgan fingerprint density at radius 3 is 2.38 bits per heavy atom. The van der Waals surface area contributed by atoms with Crippen LogP contribution in [0.3, 0.4) is 0 Å². The van der Waals surface area contributed by atoms with Crippen molar-refractivity contribution in [2.24, 2.45) is 16.6 Å². The Hall–Kier alpha value is -2.49. The standard InChI is InChI=1S/C19H26F3N5O2/c20-19(21,22)29-16-6-4-15(5-7-16)25-18(23)24-8-9-26-10-12-27(13-11-26)17(28)14-2-1-3-14/h4-7,14H,1-3,8-13H2,(H3,23,24,25). The fraction of sp³-hybridized carbons (Fsp3) is 0.579. The molecule has 10 heteroatoms. The zero-order chi connectivity index (χ0) is 20.9. The number of nitrogens with zero attached hydrogens (tertiary/aromatic N) is 3. The van der Waals surface area contributed by atoms with E-state index < -0.39 is 6.36 Å². The smallest absolute Gasteiger partial charge is 0.406 e. The first-order valence-electron chi connectivity index (χ1n) is 9.74. The third-order valence-corrected chi connectivity index (χ3v) is 5.20. The number of ether oxygens (including phenoxy) is 1. The summed E-state index contributed by atoms with van der Waals surface area (Å²) in [5.74, 6) is 0.432. The summed E-state index contributed by atoms with van der Waals surface area (Å²) in [6.07, 6.45) is -1.50. The lowest BCUT2D eigenvalue weighted by atomic mass is 9.84. The van der Waals surface area contributed by atoms with Crippen molar-refractivity contribution >= 4 is 17.6 Å². The van der Waals surface area contributed by atoms with Crippen molar-refractivity contribution in [2.45, 2.75) is 25.6 Å². The minimum Gasteiger partial charge on any atom is -0.406 e.